The molecule has 0 spiro atoms. The summed E-state index contributed by atoms with van der Waals surface area (Å²) in [5.41, 5.74) is 0.652. The Balaban J connectivity index is 2.37. The number of ether oxygens (including phenoxy) is 1. The standard InChI is InChI=1S/C14H19NO4S/c1-4-5-10(16)15-12-11(13(17)18)8-6-14(2,3)19-7-9(8)20-12/h4-7H2,1-3H3,(H,15,16)(H,17,18). The van der Waals surface area contributed by atoms with E-state index in [9.17, 15) is 14.7 Å². The van der Waals surface area contributed by atoms with Gasteiger partial charge in [-0.1, -0.05) is 6.92 Å². The van der Waals surface area contributed by atoms with Crippen molar-refractivity contribution in [3.63, 3.8) is 0 Å². The summed E-state index contributed by atoms with van der Waals surface area (Å²) in [7, 11) is 0. The van der Waals surface area contributed by atoms with Crippen molar-refractivity contribution in [1.29, 1.82) is 0 Å². The third kappa shape index (κ3) is 3.02. The molecule has 2 rings (SSSR count). The van der Waals surface area contributed by atoms with Gasteiger partial charge in [0.1, 0.15) is 5.00 Å². The van der Waals surface area contributed by atoms with Crippen molar-refractivity contribution < 1.29 is 19.4 Å². The number of fused-ring (bicyclic) bond motifs is 1. The van der Waals surface area contributed by atoms with Crippen LogP contribution in [-0.2, 0) is 22.6 Å². The predicted octanol–water partition coefficient (Wildman–Crippen LogP) is 3.04. The van der Waals surface area contributed by atoms with Crippen molar-refractivity contribution in [3.8, 4) is 0 Å². The fourth-order valence-electron chi connectivity index (χ4n) is 2.28. The molecule has 0 aromatic carbocycles. The number of carbonyl (C=O) groups excluding carboxylic acids is 1. The van der Waals surface area contributed by atoms with E-state index >= 15 is 0 Å². The quantitative estimate of drug-likeness (QED) is 0.895. The molecule has 2 N–H and O–H groups in total. The number of carboxylic acid groups (broad SMARTS) is 1. The predicted molar refractivity (Wildman–Crippen MR) is 77.4 cm³/mol. The molecule has 0 radical (unpaired) electrons. The fourth-order valence-corrected chi connectivity index (χ4v) is 3.42. The summed E-state index contributed by atoms with van der Waals surface area (Å²) in [6.45, 7) is 6.19. The molecule has 0 atom stereocenters. The number of carboxylic acids is 1. The Morgan fingerprint density at radius 1 is 1.45 bits per heavy atom. The number of aromatic carboxylic acids is 1. The number of nitrogens with one attached hydrogen (secondary N) is 1. The van der Waals surface area contributed by atoms with E-state index in [-0.39, 0.29) is 17.1 Å². The maximum atomic E-state index is 11.7. The Hall–Kier alpha value is -1.40. The van der Waals surface area contributed by atoms with Gasteiger partial charge in [0.25, 0.3) is 0 Å². The minimum atomic E-state index is -0.994. The van der Waals surface area contributed by atoms with Crippen molar-refractivity contribution in [2.75, 3.05) is 5.32 Å². The summed E-state index contributed by atoms with van der Waals surface area (Å²) in [5, 5.41) is 12.6. The molecule has 1 aliphatic rings. The average Bonchev–Trinajstić information content (AvgIpc) is 2.64. The van der Waals surface area contributed by atoms with E-state index in [1.807, 2.05) is 20.8 Å². The summed E-state index contributed by atoms with van der Waals surface area (Å²) < 4.78 is 5.70. The molecule has 5 nitrogen and oxygen atoms in total. The zero-order chi connectivity index (χ0) is 14.9. The topological polar surface area (TPSA) is 75.6 Å². The second-order valence-electron chi connectivity index (χ2n) is 5.54. The number of thiophene rings is 1. The van der Waals surface area contributed by atoms with Crippen LogP contribution in [0.2, 0.25) is 0 Å². The lowest BCUT2D eigenvalue weighted by molar-refractivity contribution is -0.116. The van der Waals surface area contributed by atoms with Crippen LogP contribution in [0.1, 0.15) is 54.4 Å². The highest BCUT2D eigenvalue weighted by Gasteiger charge is 2.33. The lowest BCUT2D eigenvalue weighted by Crippen LogP contribution is -2.31. The van der Waals surface area contributed by atoms with E-state index in [1.165, 1.54) is 11.3 Å². The van der Waals surface area contributed by atoms with Gasteiger partial charge < -0.3 is 15.2 Å². The summed E-state index contributed by atoms with van der Waals surface area (Å²) >= 11 is 1.31. The minimum Gasteiger partial charge on any atom is -0.478 e. The smallest absolute Gasteiger partial charge is 0.339 e. The Bertz CT molecular complexity index is 548. The maximum Gasteiger partial charge on any atom is 0.339 e. The molecule has 0 saturated heterocycles. The first-order chi connectivity index (χ1) is 9.34. The molecule has 0 unspecified atom stereocenters. The SMILES string of the molecule is CCCC(=O)Nc1sc2c(c1C(=O)O)CC(C)(C)OC2. The van der Waals surface area contributed by atoms with Gasteiger partial charge in [0, 0.05) is 17.7 Å². The highest BCUT2D eigenvalue weighted by molar-refractivity contribution is 7.17. The van der Waals surface area contributed by atoms with E-state index < -0.39 is 5.97 Å². The number of hydrogen-bond acceptors (Lipinski definition) is 4. The molecule has 0 saturated carbocycles. The largest absolute Gasteiger partial charge is 0.478 e. The van der Waals surface area contributed by atoms with E-state index in [0.717, 1.165) is 16.9 Å². The average molecular weight is 297 g/mol. The molecule has 1 amide bonds. The zero-order valence-electron chi connectivity index (χ0n) is 11.9. The number of carbonyl (C=O) groups is 2. The van der Waals surface area contributed by atoms with Crippen LogP contribution in [0, 0.1) is 0 Å². The van der Waals surface area contributed by atoms with Crippen LogP contribution in [0.5, 0.6) is 0 Å². The Morgan fingerprint density at radius 2 is 2.15 bits per heavy atom. The molecule has 110 valence electrons. The number of anilines is 1. The first kappa shape index (κ1) is 15.0. The van der Waals surface area contributed by atoms with E-state index in [1.54, 1.807) is 0 Å². The molecule has 0 aliphatic carbocycles. The molecule has 6 heteroatoms. The van der Waals surface area contributed by atoms with Crippen LogP contribution >= 0.6 is 11.3 Å². The molecule has 1 aromatic heterocycles. The van der Waals surface area contributed by atoms with Gasteiger partial charge in [-0.15, -0.1) is 11.3 Å². The number of hydrogen-bond donors (Lipinski definition) is 2. The Kier molecular flexibility index (Phi) is 4.15. The minimum absolute atomic E-state index is 0.145. The molecular weight excluding hydrogens is 278 g/mol. The monoisotopic (exact) mass is 297 g/mol. The van der Waals surface area contributed by atoms with Crippen LogP contribution in [-0.4, -0.2) is 22.6 Å². The second-order valence-corrected chi connectivity index (χ2v) is 6.64. The summed E-state index contributed by atoms with van der Waals surface area (Å²) in [4.78, 5) is 24.1. The molecule has 2 heterocycles. The van der Waals surface area contributed by atoms with Crippen LogP contribution in [0.25, 0.3) is 0 Å². The summed E-state index contributed by atoms with van der Waals surface area (Å²) in [6.07, 6.45) is 1.67. The highest BCUT2D eigenvalue weighted by Crippen LogP contribution is 2.40. The van der Waals surface area contributed by atoms with Crippen molar-refractivity contribution in [1.82, 2.24) is 0 Å². The maximum absolute atomic E-state index is 11.7. The highest BCUT2D eigenvalue weighted by atomic mass is 32.1. The normalized spacial score (nSPS) is 16.6. The van der Waals surface area contributed by atoms with Crippen molar-refractivity contribution >= 4 is 28.2 Å². The second kappa shape index (κ2) is 5.54. The van der Waals surface area contributed by atoms with Gasteiger partial charge in [0.15, 0.2) is 0 Å². The van der Waals surface area contributed by atoms with Crippen LogP contribution in [0.3, 0.4) is 0 Å². The summed E-state index contributed by atoms with van der Waals surface area (Å²) in [6, 6.07) is 0. The first-order valence-corrected chi connectivity index (χ1v) is 7.47. The van der Waals surface area contributed by atoms with E-state index in [2.05, 4.69) is 5.32 Å². The Morgan fingerprint density at radius 3 is 2.75 bits per heavy atom. The van der Waals surface area contributed by atoms with Gasteiger partial charge in [0.2, 0.25) is 5.91 Å². The number of amides is 1. The van der Waals surface area contributed by atoms with Gasteiger partial charge >= 0.3 is 5.97 Å². The van der Waals surface area contributed by atoms with Crippen LogP contribution in [0.4, 0.5) is 5.00 Å². The van der Waals surface area contributed by atoms with Crippen molar-refractivity contribution in [2.24, 2.45) is 0 Å². The van der Waals surface area contributed by atoms with Gasteiger partial charge in [-0.05, 0) is 25.8 Å². The molecule has 0 fully saturated rings. The van der Waals surface area contributed by atoms with E-state index in [4.69, 9.17) is 4.74 Å². The van der Waals surface area contributed by atoms with Crippen molar-refractivity contribution in [3.05, 3.63) is 16.0 Å². The first-order valence-electron chi connectivity index (χ1n) is 6.65. The van der Waals surface area contributed by atoms with Crippen molar-refractivity contribution in [2.45, 2.75) is 52.2 Å². The lowest BCUT2D eigenvalue weighted by Gasteiger charge is -2.30. The molecule has 0 bridgehead atoms. The molecule has 1 aliphatic heterocycles. The zero-order valence-corrected chi connectivity index (χ0v) is 12.7. The molecular formula is C14H19NO4S. The van der Waals surface area contributed by atoms with Gasteiger partial charge in [0.05, 0.1) is 17.8 Å². The van der Waals surface area contributed by atoms with Crippen LogP contribution in [0.15, 0.2) is 0 Å². The third-order valence-electron chi connectivity index (χ3n) is 3.23. The fraction of sp³-hybridized carbons (Fsp3) is 0.571. The summed E-state index contributed by atoms with van der Waals surface area (Å²) in [5.74, 6) is -1.14. The van der Waals surface area contributed by atoms with Crippen LogP contribution < -0.4 is 5.32 Å². The van der Waals surface area contributed by atoms with Gasteiger partial charge in [-0.25, -0.2) is 4.79 Å². The number of rotatable bonds is 4. The van der Waals surface area contributed by atoms with Gasteiger partial charge in [-0.3, -0.25) is 4.79 Å². The van der Waals surface area contributed by atoms with E-state index in [0.29, 0.717) is 24.4 Å². The Labute approximate surface area is 121 Å². The molecule has 1 aromatic rings. The third-order valence-corrected chi connectivity index (χ3v) is 4.35. The molecule has 20 heavy (non-hydrogen) atoms. The van der Waals surface area contributed by atoms with Gasteiger partial charge in [-0.2, -0.15) is 0 Å². The lowest BCUT2D eigenvalue weighted by atomic mass is 9.93.